The van der Waals surface area contributed by atoms with Gasteiger partial charge in [-0.05, 0) is 60.5 Å². The van der Waals surface area contributed by atoms with E-state index >= 15 is 0 Å². The molecule has 0 aromatic heterocycles. The van der Waals surface area contributed by atoms with Crippen molar-refractivity contribution in [3.63, 3.8) is 0 Å². The van der Waals surface area contributed by atoms with E-state index in [0.29, 0.717) is 0 Å². The Kier molecular flexibility index (Phi) is 5.45. The van der Waals surface area contributed by atoms with E-state index in [2.05, 4.69) is 16.0 Å². The number of rotatable bonds is 4. The largest absolute Gasteiger partial charge is 0.323 e. The van der Waals surface area contributed by atoms with Gasteiger partial charge in [-0.3, -0.25) is 0 Å². The van der Waals surface area contributed by atoms with Crippen molar-refractivity contribution in [2.75, 3.05) is 10.6 Å². The average Bonchev–Trinajstić information content (AvgIpc) is 2.51. The van der Waals surface area contributed by atoms with Crippen LogP contribution < -0.4 is 10.6 Å². The van der Waals surface area contributed by atoms with E-state index in [-0.39, 0.29) is 6.03 Å². The summed E-state index contributed by atoms with van der Waals surface area (Å²) in [5.74, 6) is 0. The second-order valence-corrected chi connectivity index (χ2v) is 5.62. The smallest absolute Gasteiger partial charge is 0.308 e. The first kappa shape index (κ1) is 15.9. The Balaban J connectivity index is 2.18. The molecule has 0 atom stereocenters. The zero-order chi connectivity index (χ0) is 15.9. The first-order chi connectivity index (χ1) is 10.6. The molecule has 0 fully saturated rings. The van der Waals surface area contributed by atoms with Gasteiger partial charge in [0.2, 0.25) is 0 Å². The number of nitriles is 1. The number of amides is 2. The van der Waals surface area contributed by atoms with Gasteiger partial charge < -0.3 is 10.6 Å². The van der Waals surface area contributed by atoms with Gasteiger partial charge in [-0.15, -0.1) is 0 Å². The number of hydrogen-bond donors (Lipinski definition) is 2. The molecular formula is C17H17N3OS. The number of carbonyl (C=O) groups excluding carboxylic acids is 1. The summed E-state index contributed by atoms with van der Waals surface area (Å²) in [6.07, 6.45) is 0.779. The second-order valence-electron chi connectivity index (χ2n) is 4.77. The number of urea groups is 1. The number of thiocyanates is 1. The van der Waals surface area contributed by atoms with E-state index < -0.39 is 0 Å². The predicted octanol–water partition coefficient (Wildman–Crippen LogP) is 4.77. The Morgan fingerprint density at radius 3 is 2.59 bits per heavy atom. The van der Waals surface area contributed by atoms with E-state index in [9.17, 15) is 4.79 Å². The van der Waals surface area contributed by atoms with Crippen LogP contribution in [0.15, 0.2) is 47.4 Å². The van der Waals surface area contributed by atoms with Crippen LogP contribution in [0.5, 0.6) is 0 Å². The Morgan fingerprint density at radius 2 is 1.95 bits per heavy atom. The molecule has 22 heavy (non-hydrogen) atoms. The van der Waals surface area contributed by atoms with Crippen molar-refractivity contribution < 1.29 is 4.79 Å². The van der Waals surface area contributed by atoms with Crippen molar-refractivity contribution in [1.82, 2.24) is 0 Å². The number of aryl methyl sites for hydroxylation is 2. The van der Waals surface area contributed by atoms with Crippen LogP contribution in [0.25, 0.3) is 0 Å². The van der Waals surface area contributed by atoms with Gasteiger partial charge in [0.1, 0.15) is 5.40 Å². The van der Waals surface area contributed by atoms with Crippen LogP contribution in [-0.2, 0) is 6.42 Å². The Hall–Kier alpha value is -2.45. The van der Waals surface area contributed by atoms with Crippen molar-refractivity contribution in [2.24, 2.45) is 0 Å². The highest BCUT2D eigenvalue weighted by atomic mass is 32.2. The number of benzene rings is 2. The third-order valence-corrected chi connectivity index (χ3v) is 3.77. The lowest BCUT2D eigenvalue weighted by atomic mass is 10.1. The summed E-state index contributed by atoms with van der Waals surface area (Å²) in [5, 5.41) is 16.6. The first-order valence-corrected chi connectivity index (χ1v) is 7.78. The number of carbonyl (C=O) groups is 1. The fraction of sp³-hybridized carbons (Fsp3) is 0.176. The van der Waals surface area contributed by atoms with Gasteiger partial charge in [0, 0.05) is 16.3 Å². The molecule has 0 aliphatic rings. The summed E-state index contributed by atoms with van der Waals surface area (Å²) >= 11 is 1.13. The lowest BCUT2D eigenvalue weighted by Gasteiger charge is -2.15. The Bertz CT molecular complexity index is 708. The van der Waals surface area contributed by atoms with Crippen LogP contribution >= 0.6 is 11.8 Å². The van der Waals surface area contributed by atoms with Gasteiger partial charge in [-0.25, -0.2) is 4.79 Å². The molecule has 0 saturated heterocycles. The van der Waals surface area contributed by atoms with Crippen LogP contribution in [0.1, 0.15) is 18.1 Å². The number of thioether (sulfide) groups is 1. The van der Waals surface area contributed by atoms with E-state index in [4.69, 9.17) is 5.26 Å². The maximum atomic E-state index is 12.1. The third kappa shape index (κ3) is 4.03. The highest BCUT2D eigenvalue weighted by Crippen LogP contribution is 2.28. The van der Waals surface area contributed by atoms with Crippen molar-refractivity contribution >= 4 is 29.2 Å². The number of para-hydroxylation sites is 1. The van der Waals surface area contributed by atoms with Crippen molar-refractivity contribution in [2.45, 2.75) is 25.2 Å². The monoisotopic (exact) mass is 311 g/mol. The molecule has 0 spiro atoms. The van der Waals surface area contributed by atoms with Crippen molar-refractivity contribution in [3.05, 3.63) is 53.6 Å². The van der Waals surface area contributed by atoms with E-state index in [1.165, 1.54) is 0 Å². The van der Waals surface area contributed by atoms with Crippen LogP contribution in [0.3, 0.4) is 0 Å². The minimum Gasteiger partial charge on any atom is -0.308 e. The molecule has 0 heterocycles. The molecule has 2 rings (SSSR count). The van der Waals surface area contributed by atoms with Gasteiger partial charge >= 0.3 is 6.03 Å². The highest BCUT2D eigenvalue weighted by molar-refractivity contribution is 8.03. The van der Waals surface area contributed by atoms with E-state index in [1.807, 2.05) is 56.3 Å². The number of anilines is 2. The normalized spacial score (nSPS) is 9.86. The fourth-order valence-electron chi connectivity index (χ4n) is 2.19. The maximum absolute atomic E-state index is 12.1. The Morgan fingerprint density at radius 1 is 1.23 bits per heavy atom. The summed E-state index contributed by atoms with van der Waals surface area (Å²) in [6, 6.07) is 12.9. The zero-order valence-corrected chi connectivity index (χ0v) is 13.3. The van der Waals surface area contributed by atoms with E-state index in [0.717, 1.165) is 45.6 Å². The van der Waals surface area contributed by atoms with Crippen LogP contribution in [-0.4, -0.2) is 6.03 Å². The summed E-state index contributed by atoms with van der Waals surface area (Å²) in [7, 11) is 0. The number of nitrogens with one attached hydrogen (secondary N) is 2. The lowest BCUT2D eigenvalue weighted by Crippen LogP contribution is -2.20. The van der Waals surface area contributed by atoms with Gasteiger partial charge in [-0.2, -0.15) is 5.26 Å². The third-order valence-electron chi connectivity index (χ3n) is 3.21. The van der Waals surface area contributed by atoms with Crippen molar-refractivity contribution in [1.29, 1.82) is 5.26 Å². The maximum Gasteiger partial charge on any atom is 0.323 e. The lowest BCUT2D eigenvalue weighted by molar-refractivity contribution is 0.262. The van der Waals surface area contributed by atoms with Crippen LogP contribution in [0, 0.1) is 17.6 Å². The molecule has 0 saturated carbocycles. The minimum absolute atomic E-state index is 0.273. The standard InChI is InChI=1S/C17H17N3OS/c1-3-13-10-15(22-11-18)9-12(2)16(13)20-17(21)19-14-7-5-4-6-8-14/h4-10H,3H2,1-2H3,(H2,19,20,21). The Labute approximate surface area is 134 Å². The highest BCUT2D eigenvalue weighted by Gasteiger charge is 2.11. The molecule has 0 unspecified atom stereocenters. The predicted molar refractivity (Wildman–Crippen MR) is 91.1 cm³/mol. The number of nitrogens with zero attached hydrogens (tertiary/aromatic N) is 1. The van der Waals surface area contributed by atoms with Gasteiger partial charge in [0.25, 0.3) is 0 Å². The molecular weight excluding hydrogens is 294 g/mol. The van der Waals surface area contributed by atoms with Gasteiger partial charge in [-0.1, -0.05) is 25.1 Å². The van der Waals surface area contributed by atoms with Crippen LogP contribution in [0.4, 0.5) is 16.2 Å². The van der Waals surface area contributed by atoms with Crippen molar-refractivity contribution in [3.8, 4) is 5.40 Å². The second kappa shape index (κ2) is 7.53. The molecule has 2 amide bonds. The van der Waals surface area contributed by atoms with Crippen LogP contribution in [0.2, 0.25) is 0 Å². The van der Waals surface area contributed by atoms with Gasteiger partial charge in [0.05, 0.1) is 0 Å². The first-order valence-electron chi connectivity index (χ1n) is 6.96. The number of hydrogen-bond acceptors (Lipinski definition) is 3. The molecule has 0 bridgehead atoms. The molecule has 2 aromatic carbocycles. The summed E-state index contributed by atoms with van der Waals surface area (Å²) in [4.78, 5) is 13.0. The minimum atomic E-state index is -0.273. The molecule has 0 aliphatic carbocycles. The fourth-order valence-corrected chi connectivity index (χ4v) is 2.73. The summed E-state index contributed by atoms with van der Waals surface area (Å²) in [6.45, 7) is 3.95. The summed E-state index contributed by atoms with van der Waals surface area (Å²) < 4.78 is 0. The molecule has 5 heteroatoms. The van der Waals surface area contributed by atoms with E-state index in [1.54, 1.807) is 0 Å². The average molecular weight is 311 g/mol. The molecule has 0 radical (unpaired) electrons. The van der Waals surface area contributed by atoms with Gasteiger partial charge in [0.15, 0.2) is 0 Å². The molecule has 0 aliphatic heterocycles. The zero-order valence-electron chi connectivity index (χ0n) is 12.5. The topological polar surface area (TPSA) is 64.9 Å². The molecule has 4 nitrogen and oxygen atoms in total. The molecule has 112 valence electrons. The molecule has 2 aromatic rings. The molecule has 2 N–H and O–H groups in total. The summed E-state index contributed by atoms with van der Waals surface area (Å²) in [5.41, 5.74) is 3.51. The quantitative estimate of drug-likeness (QED) is 0.631. The SMILES string of the molecule is CCc1cc(SC#N)cc(C)c1NC(=O)Nc1ccccc1.